The van der Waals surface area contributed by atoms with Gasteiger partial charge in [0, 0.05) is 39.1 Å². The maximum absolute atomic E-state index is 12.3. The van der Waals surface area contributed by atoms with Crippen LogP contribution in [-0.4, -0.2) is 61.5 Å². The molecule has 1 atom stereocenters. The molecule has 2 N–H and O–H groups in total. The number of amides is 3. The maximum atomic E-state index is 12.3. The summed E-state index contributed by atoms with van der Waals surface area (Å²) in [4.78, 5) is 28.3. The number of halogens is 1. The van der Waals surface area contributed by atoms with E-state index >= 15 is 0 Å². The average Bonchev–Trinajstić information content (AvgIpc) is 3.10. The number of likely N-dealkylation sites (tertiary alicyclic amines) is 1. The summed E-state index contributed by atoms with van der Waals surface area (Å²) in [5, 5.41) is 6.07. The third-order valence-electron chi connectivity index (χ3n) is 5.16. The molecule has 0 aliphatic carbocycles. The van der Waals surface area contributed by atoms with Crippen LogP contribution in [0.25, 0.3) is 0 Å². The first-order valence-electron chi connectivity index (χ1n) is 9.19. The molecule has 1 fully saturated rings. The quantitative estimate of drug-likeness (QED) is 0.816. The van der Waals surface area contributed by atoms with Gasteiger partial charge in [0.2, 0.25) is 5.91 Å². The van der Waals surface area contributed by atoms with Gasteiger partial charge in [-0.05, 0) is 43.5 Å². The Kier molecular flexibility index (Phi) is 7.72. The Balaban J connectivity index is 0.00000243. The molecule has 1 saturated heterocycles. The summed E-state index contributed by atoms with van der Waals surface area (Å²) in [5.41, 5.74) is 2.54. The summed E-state index contributed by atoms with van der Waals surface area (Å²) < 4.78 is 0. The Bertz CT molecular complexity index is 625. The van der Waals surface area contributed by atoms with Crippen LogP contribution in [0.1, 0.15) is 24.0 Å². The van der Waals surface area contributed by atoms with Crippen molar-refractivity contribution in [2.45, 2.75) is 25.8 Å². The Morgan fingerprint density at radius 2 is 1.92 bits per heavy atom. The zero-order valence-electron chi connectivity index (χ0n) is 15.4. The number of nitrogens with one attached hydrogen (secondary N) is 2. The fraction of sp³-hybridized carbons (Fsp3) is 0.579. The van der Waals surface area contributed by atoms with E-state index in [4.69, 9.17) is 0 Å². The Morgan fingerprint density at radius 1 is 1.15 bits per heavy atom. The fourth-order valence-electron chi connectivity index (χ4n) is 3.73. The van der Waals surface area contributed by atoms with E-state index in [2.05, 4.69) is 22.8 Å². The molecule has 1 aromatic carbocycles. The van der Waals surface area contributed by atoms with Crippen molar-refractivity contribution in [1.29, 1.82) is 0 Å². The molecule has 7 heteroatoms. The predicted molar refractivity (Wildman–Crippen MR) is 104 cm³/mol. The van der Waals surface area contributed by atoms with Crippen molar-refractivity contribution in [1.82, 2.24) is 20.4 Å². The number of carbonyl (C=O) groups excluding carboxylic acids is 2. The van der Waals surface area contributed by atoms with E-state index in [1.54, 1.807) is 0 Å². The summed E-state index contributed by atoms with van der Waals surface area (Å²) in [6.45, 7) is 4.40. The van der Waals surface area contributed by atoms with Gasteiger partial charge in [0.1, 0.15) is 0 Å². The zero-order valence-corrected chi connectivity index (χ0v) is 16.2. The van der Waals surface area contributed by atoms with E-state index in [0.29, 0.717) is 25.4 Å². The molecule has 0 saturated carbocycles. The third kappa shape index (κ3) is 5.11. The predicted octanol–water partition coefficient (Wildman–Crippen LogP) is 1.63. The van der Waals surface area contributed by atoms with Gasteiger partial charge in [0.05, 0.1) is 0 Å². The van der Waals surface area contributed by atoms with Gasteiger partial charge < -0.3 is 20.4 Å². The van der Waals surface area contributed by atoms with E-state index in [0.717, 1.165) is 39.0 Å². The molecule has 0 spiro atoms. The molecule has 2 aliphatic rings. The Hall–Kier alpha value is -1.79. The molecule has 0 radical (unpaired) electrons. The van der Waals surface area contributed by atoms with Crippen LogP contribution in [0.3, 0.4) is 0 Å². The Morgan fingerprint density at radius 3 is 2.69 bits per heavy atom. The van der Waals surface area contributed by atoms with Crippen LogP contribution in [0.15, 0.2) is 24.3 Å². The molecule has 0 aromatic heterocycles. The number of hydrogen-bond donors (Lipinski definition) is 2. The lowest BCUT2D eigenvalue weighted by Crippen LogP contribution is -2.43. The number of hydrogen-bond acceptors (Lipinski definition) is 3. The maximum Gasteiger partial charge on any atom is 0.317 e. The summed E-state index contributed by atoms with van der Waals surface area (Å²) in [6.07, 6.45) is 2.33. The average molecular weight is 381 g/mol. The molecule has 6 nitrogen and oxygen atoms in total. The molecular weight excluding hydrogens is 352 g/mol. The molecule has 26 heavy (non-hydrogen) atoms. The highest BCUT2D eigenvalue weighted by Crippen LogP contribution is 2.18. The van der Waals surface area contributed by atoms with Gasteiger partial charge in [0.25, 0.3) is 0 Å². The largest absolute Gasteiger partial charge is 0.342 e. The van der Waals surface area contributed by atoms with Crippen molar-refractivity contribution >= 4 is 24.3 Å². The number of carbonyl (C=O) groups is 2. The van der Waals surface area contributed by atoms with Crippen LogP contribution in [-0.2, 0) is 17.8 Å². The summed E-state index contributed by atoms with van der Waals surface area (Å²) in [6, 6.07) is 8.18. The molecule has 3 amide bonds. The van der Waals surface area contributed by atoms with Crippen molar-refractivity contribution < 1.29 is 9.59 Å². The van der Waals surface area contributed by atoms with Crippen molar-refractivity contribution in [3.63, 3.8) is 0 Å². The van der Waals surface area contributed by atoms with Crippen LogP contribution in [0, 0.1) is 5.92 Å². The molecule has 1 aromatic rings. The second-order valence-corrected chi connectivity index (χ2v) is 6.97. The normalized spacial score (nSPS) is 18.9. The Labute approximate surface area is 161 Å². The summed E-state index contributed by atoms with van der Waals surface area (Å²) in [7, 11) is 1.94. The van der Waals surface area contributed by atoms with Crippen molar-refractivity contribution in [2.75, 3.05) is 39.8 Å². The molecule has 2 heterocycles. The molecule has 144 valence electrons. The van der Waals surface area contributed by atoms with Crippen LogP contribution >= 0.6 is 12.4 Å². The van der Waals surface area contributed by atoms with E-state index in [1.165, 1.54) is 11.1 Å². The lowest BCUT2D eigenvalue weighted by molar-refractivity contribution is -0.130. The van der Waals surface area contributed by atoms with E-state index in [-0.39, 0.29) is 24.3 Å². The molecular formula is C19H29ClN4O2. The first-order valence-corrected chi connectivity index (χ1v) is 9.19. The fourth-order valence-corrected chi connectivity index (χ4v) is 3.73. The van der Waals surface area contributed by atoms with E-state index in [1.807, 2.05) is 29.0 Å². The minimum atomic E-state index is -0.0724. The zero-order chi connectivity index (χ0) is 17.6. The van der Waals surface area contributed by atoms with Crippen molar-refractivity contribution in [2.24, 2.45) is 5.92 Å². The lowest BCUT2D eigenvalue weighted by atomic mass is 10.0. The topological polar surface area (TPSA) is 64.7 Å². The smallest absolute Gasteiger partial charge is 0.317 e. The second-order valence-electron chi connectivity index (χ2n) is 6.97. The van der Waals surface area contributed by atoms with Gasteiger partial charge in [-0.2, -0.15) is 0 Å². The third-order valence-corrected chi connectivity index (χ3v) is 5.16. The number of fused-ring (bicyclic) bond motifs is 1. The molecule has 1 unspecified atom stereocenters. The van der Waals surface area contributed by atoms with Gasteiger partial charge in [-0.15, -0.1) is 12.4 Å². The number of nitrogens with zero attached hydrogens (tertiary/aromatic N) is 2. The highest BCUT2D eigenvalue weighted by Gasteiger charge is 2.25. The van der Waals surface area contributed by atoms with Crippen molar-refractivity contribution in [3.05, 3.63) is 35.4 Å². The number of urea groups is 1. The molecule has 3 rings (SSSR count). The van der Waals surface area contributed by atoms with Crippen molar-refractivity contribution in [3.8, 4) is 0 Å². The summed E-state index contributed by atoms with van der Waals surface area (Å²) in [5.74, 6) is 0.694. The van der Waals surface area contributed by atoms with Crippen LogP contribution in [0.2, 0.25) is 0 Å². The van der Waals surface area contributed by atoms with Crippen LogP contribution in [0.4, 0.5) is 4.79 Å². The first-order chi connectivity index (χ1) is 12.2. The first kappa shape index (κ1) is 20.5. The van der Waals surface area contributed by atoms with Crippen LogP contribution in [0.5, 0.6) is 0 Å². The van der Waals surface area contributed by atoms with Gasteiger partial charge in [-0.25, -0.2) is 4.79 Å². The van der Waals surface area contributed by atoms with Crippen LogP contribution < -0.4 is 10.6 Å². The van der Waals surface area contributed by atoms with E-state index in [9.17, 15) is 9.59 Å². The highest BCUT2D eigenvalue weighted by molar-refractivity contribution is 5.85. The second kappa shape index (κ2) is 9.78. The van der Waals surface area contributed by atoms with Gasteiger partial charge in [-0.3, -0.25) is 4.79 Å². The van der Waals surface area contributed by atoms with E-state index < -0.39 is 0 Å². The SMILES string of the molecule is CNCC1CCN(C(=O)CCNC(=O)N2CCc3ccccc3C2)C1.Cl. The number of rotatable bonds is 5. The molecule has 0 bridgehead atoms. The number of benzene rings is 1. The standard InChI is InChI=1S/C19H28N4O2.ClH/c1-20-12-15-7-10-22(13-15)18(24)6-9-21-19(25)23-11-8-16-4-2-3-5-17(16)14-23;/h2-5,15,20H,6-14H2,1H3,(H,21,25);1H. The summed E-state index contributed by atoms with van der Waals surface area (Å²) >= 11 is 0. The van der Waals surface area contributed by atoms with Gasteiger partial charge in [0.15, 0.2) is 0 Å². The molecule has 2 aliphatic heterocycles. The van der Waals surface area contributed by atoms with Gasteiger partial charge in [-0.1, -0.05) is 24.3 Å². The lowest BCUT2D eigenvalue weighted by Gasteiger charge is -2.29. The monoisotopic (exact) mass is 380 g/mol. The van der Waals surface area contributed by atoms with Gasteiger partial charge >= 0.3 is 6.03 Å². The minimum Gasteiger partial charge on any atom is -0.342 e. The highest BCUT2D eigenvalue weighted by atomic mass is 35.5. The minimum absolute atomic E-state index is 0.